The number of nitrogens with zero attached hydrogens (tertiary/aromatic N) is 1. The van der Waals surface area contributed by atoms with Crippen LogP contribution in [0.3, 0.4) is 0 Å². The lowest BCUT2D eigenvalue weighted by Gasteiger charge is -2.41. The summed E-state index contributed by atoms with van der Waals surface area (Å²) in [6, 6.07) is 12.8. The Morgan fingerprint density at radius 2 is 1.87 bits per heavy atom. The third-order valence-electron chi connectivity index (χ3n) is 6.22. The molecule has 2 fully saturated rings. The molecule has 1 aliphatic heterocycles. The Kier molecular flexibility index (Phi) is 6.05. The van der Waals surface area contributed by atoms with Crippen LogP contribution in [0.4, 0.5) is 5.69 Å². The number of nitrogens with one attached hydrogen (secondary N) is 1. The fourth-order valence-corrected chi connectivity index (χ4v) is 5.84. The highest BCUT2D eigenvalue weighted by Crippen LogP contribution is 2.45. The van der Waals surface area contributed by atoms with Crippen LogP contribution in [0, 0.1) is 6.92 Å². The number of hydrogen-bond donors (Lipinski definition) is 1. The quantitative estimate of drug-likeness (QED) is 0.740. The lowest BCUT2D eigenvalue weighted by atomic mass is 9.63. The minimum Gasteiger partial charge on any atom is -0.495 e. The molecule has 2 aliphatic rings. The van der Waals surface area contributed by atoms with Crippen molar-refractivity contribution in [1.29, 1.82) is 0 Å². The van der Waals surface area contributed by atoms with E-state index in [0.717, 1.165) is 30.4 Å². The molecule has 2 aromatic carbocycles. The zero-order chi connectivity index (χ0) is 22.1. The summed E-state index contributed by atoms with van der Waals surface area (Å²) in [6.45, 7) is 3.31. The molecule has 166 valence electrons. The number of methoxy groups -OCH3 is 1. The molecule has 1 saturated carbocycles. The zero-order valence-electron chi connectivity index (χ0n) is 17.9. The van der Waals surface area contributed by atoms with Gasteiger partial charge in [0.1, 0.15) is 10.6 Å². The van der Waals surface area contributed by atoms with Gasteiger partial charge in [0.2, 0.25) is 15.9 Å². The second-order valence-electron chi connectivity index (χ2n) is 8.14. The Morgan fingerprint density at radius 3 is 2.48 bits per heavy atom. The van der Waals surface area contributed by atoms with Crippen LogP contribution < -0.4 is 10.1 Å². The third kappa shape index (κ3) is 4.07. The van der Waals surface area contributed by atoms with Gasteiger partial charge >= 0.3 is 0 Å². The third-order valence-corrected chi connectivity index (χ3v) is 8.14. The van der Waals surface area contributed by atoms with Gasteiger partial charge in [-0.05, 0) is 43.5 Å². The molecule has 8 heteroatoms. The molecular weight excluding hydrogens is 416 g/mol. The Balaban J connectivity index is 1.63. The van der Waals surface area contributed by atoms with Crippen molar-refractivity contribution >= 4 is 21.6 Å². The largest absolute Gasteiger partial charge is 0.495 e. The van der Waals surface area contributed by atoms with Gasteiger partial charge in [-0.25, -0.2) is 8.42 Å². The van der Waals surface area contributed by atoms with E-state index in [0.29, 0.717) is 32.0 Å². The second-order valence-corrected chi connectivity index (χ2v) is 10.0. The number of aryl methyl sites for hydroxylation is 1. The van der Waals surface area contributed by atoms with Gasteiger partial charge in [-0.3, -0.25) is 4.79 Å². The number of benzene rings is 2. The number of hydrogen-bond acceptors (Lipinski definition) is 5. The molecule has 7 nitrogen and oxygen atoms in total. The summed E-state index contributed by atoms with van der Waals surface area (Å²) in [5, 5.41) is 2.97. The van der Waals surface area contributed by atoms with E-state index in [4.69, 9.17) is 9.47 Å². The first-order valence-electron chi connectivity index (χ1n) is 10.5. The SMILES string of the molecule is COc1ccc(NC(=O)C2(c3cccc(C)c3)CCC2)cc1S(=O)(=O)N1CCOCC1. The highest BCUT2D eigenvalue weighted by atomic mass is 32.2. The van der Waals surface area contributed by atoms with E-state index >= 15 is 0 Å². The van der Waals surface area contributed by atoms with Gasteiger partial charge in [-0.1, -0.05) is 36.2 Å². The van der Waals surface area contributed by atoms with Crippen LogP contribution in [-0.2, 0) is 25.0 Å². The predicted molar refractivity (Wildman–Crippen MR) is 118 cm³/mol. The molecule has 1 heterocycles. The number of rotatable bonds is 6. The van der Waals surface area contributed by atoms with E-state index in [2.05, 4.69) is 11.4 Å². The Labute approximate surface area is 183 Å². The first kappa shape index (κ1) is 21.8. The van der Waals surface area contributed by atoms with Crippen molar-refractivity contribution in [2.24, 2.45) is 0 Å². The van der Waals surface area contributed by atoms with Crippen molar-refractivity contribution in [2.75, 3.05) is 38.7 Å². The molecular formula is C23H28N2O5S. The van der Waals surface area contributed by atoms with Crippen molar-refractivity contribution in [2.45, 2.75) is 36.5 Å². The monoisotopic (exact) mass is 444 g/mol. The van der Waals surface area contributed by atoms with Gasteiger partial charge in [0, 0.05) is 18.8 Å². The molecule has 2 aromatic rings. The second kappa shape index (κ2) is 8.61. The summed E-state index contributed by atoms with van der Waals surface area (Å²) >= 11 is 0. The van der Waals surface area contributed by atoms with E-state index in [1.54, 1.807) is 12.1 Å². The van der Waals surface area contributed by atoms with Crippen LogP contribution in [0.25, 0.3) is 0 Å². The van der Waals surface area contributed by atoms with Gasteiger partial charge in [0.05, 0.1) is 25.7 Å². The van der Waals surface area contributed by atoms with Crippen molar-refractivity contribution < 1.29 is 22.7 Å². The lowest BCUT2D eigenvalue weighted by Crippen LogP contribution is -2.46. The Bertz CT molecular complexity index is 1070. The number of carbonyl (C=O) groups excluding carboxylic acids is 1. The average Bonchev–Trinajstić information content (AvgIpc) is 2.73. The number of sulfonamides is 1. The topological polar surface area (TPSA) is 84.9 Å². The molecule has 4 rings (SSSR count). The summed E-state index contributed by atoms with van der Waals surface area (Å²) in [5.41, 5.74) is 1.98. The standard InChI is InChI=1S/C23H28N2O5S/c1-17-5-3-6-18(15-17)23(9-4-10-23)22(26)24-19-7-8-20(29-2)21(16-19)31(27,28)25-11-13-30-14-12-25/h3,5-8,15-16H,4,9-14H2,1-2H3,(H,24,26). The molecule has 1 aliphatic carbocycles. The van der Waals surface area contributed by atoms with Crippen LogP contribution in [0.2, 0.25) is 0 Å². The maximum Gasteiger partial charge on any atom is 0.246 e. The van der Waals surface area contributed by atoms with Crippen LogP contribution in [0.1, 0.15) is 30.4 Å². The van der Waals surface area contributed by atoms with Gasteiger partial charge < -0.3 is 14.8 Å². The van der Waals surface area contributed by atoms with Gasteiger partial charge in [0.25, 0.3) is 0 Å². The van der Waals surface area contributed by atoms with Crippen LogP contribution in [-0.4, -0.2) is 52.0 Å². The molecule has 0 bridgehead atoms. The summed E-state index contributed by atoms with van der Waals surface area (Å²) in [6.07, 6.45) is 2.54. The number of morpholine rings is 1. The van der Waals surface area contributed by atoms with Gasteiger partial charge in [-0.15, -0.1) is 0 Å². The highest BCUT2D eigenvalue weighted by molar-refractivity contribution is 7.89. The molecule has 1 saturated heterocycles. The van der Waals surface area contributed by atoms with E-state index in [-0.39, 0.29) is 16.6 Å². The molecule has 31 heavy (non-hydrogen) atoms. The first-order chi connectivity index (χ1) is 14.9. The van der Waals surface area contributed by atoms with Crippen molar-refractivity contribution in [3.8, 4) is 5.75 Å². The summed E-state index contributed by atoms with van der Waals surface area (Å²) in [7, 11) is -2.33. The fourth-order valence-electron chi connectivity index (χ4n) is 4.25. The highest BCUT2D eigenvalue weighted by Gasteiger charge is 2.45. The molecule has 1 N–H and O–H groups in total. The molecule has 0 spiro atoms. The molecule has 0 atom stereocenters. The summed E-state index contributed by atoms with van der Waals surface area (Å²) in [5.74, 6) is 0.144. The average molecular weight is 445 g/mol. The fraction of sp³-hybridized carbons (Fsp3) is 0.435. The van der Waals surface area contributed by atoms with Crippen LogP contribution in [0.5, 0.6) is 5.75 Å². The summed E-state index contributed by atoms with van der Waals surface area (Å²) < 4.78 is 38.4. The minimum absolute atomic E-state index is 0.0490. The maximum atomic E-state index is 13.3. The number of anilines is 1. The maximum absolute atomic E-state index is 13.3. The predicted octanol–water partition coefficient (Wildman–Crippen LogP) is 3.08. The van der Waals surface area contributed by atoms with Crippen molar-refractivity contribution in [3.05, 3.63) is 53.6 Å². The van der Waals surface area contributed by atoms with Crippen molar-refractivity contribution in [3.63, 3.8) is 0 Å². The number of carbonyl (C=O) groups is 1. The first-order valence-corrected chi connectivity index (χ1v) is 12.0. The van der Waals surface area contributed by atoms with E-state index in [1.807, 2.05) is 25.1 Å². The van der Waals surface area contributed by atoms with E-state index in [1.165, 1.54) is 17.5 Å². The summed E-state index contributed by atoms with van der Waals surface area (Å²) in [4.78, 5) is 13.4. The minimum atomic E-state index is -3.77. The van der Waals surface area contributed by atoms with Crippen molar-refractivity contribution in [1.82, 2.24) is 4.31 Å². The number of ether oxygens (including phenoxy) is 2. The zero-order valence-corrected chi connectivity index (χ0v) is 18.7. The normalized spacial score (nSPS) is 18.8. The molecule has 0 unspecified atom stereocenters. The molecule has 0 radical (unpaired) electrons. The van der Waals surface area contributed by atoms with Gasteiger partial charge in [-0.2, -0.15) is 4.31 Å². The lowest BCUT2D eigenvalue weighted by molar-refractivity contribution is -0.124. The van der Waals surface area contributed by atoms with E-state index in [9.17, 15) is 13.2 Å². The number of amides is 1. The van der Waals surface area contributed by atoms with Crippen LogP contribution >= 0.6 is 0 Å². The smallest absolute Gasteiger partial charge is 0.246 e. The van der Waals surface area contributed by atoms with Gasteiger partial charge in [0.15, 0.2) is 0 Å². The Morgan fingerprint density at radius 1 is 1.13 bits per heavy atom. The Hall–Kier alpha value is -2.42. The molecule has 0 aromatic heterocycles. The van der Waals surface area contributed by atoms with E-state index < -0.39 is 15.4 Å². The van der Waals surface area contributed by atoms with Crippen LogP contribution in [0.15, 0.2) is 47.4 Å². The molecule has 1 amide bonds.